The summed E-state index contributed by atoms with van der Waals surface area (Å²) in [6.45, 7) is 0. The van der Waals surface area contributed by atoms with Crippen molar-refractivity contribution in [2.45, 2.75) is 24.6 Å². The maximum absolute atomic E-state index is 12.4. The largest absolute Gasteiger partial charge is 0.463 e. The molecular weight excluding hydrogens is 275 g/mol. The van der Waals surface area contributed by atoms with Gasteiger partial charge in [0.1, 0.15) is 0 Å². The third-order valence-electron chi connectivity index (χ3n) is 2.88. The fraction of sp³-hybridized carbons (Fsp3) is 0.364. The molecule has 0 radical (unpaired) electrons. The summed E-state index contributed by atoms with van der Waals surface area (Å²) >= 11 is 0. The number of pyridine rings is 1. The Morgan fingerprint density at radius 2 is 1.80 bits per heavy atom. The lowest BCUT2D eigenvalue weighted by Crippen LogP contribution is -2.21. The van der Waals surface area contributed by atoms with Crippen LogP contribution in [0.1, 0.15) is 24.2 Å². The third kappa shape index (κ3) is 2.38. The summed E-state index contributed by atoms with van der Waals surface area (Å²) in [7, 11) is 0. The van der Waals surface area contributed by atoms with Gasteiger partial charge >= 0.3 is 6.18 Å². The predicted octanol–water partition coefficient (Wildman–Crippen LogP) is 1.75. The summed E-state index contributed by atoms with van der Waals surface area (Å²) in [5, 5.41) is 14.8. The standard InChI is InChI=1S/C11H8F3N5O/c12-11(13,14)7-1-2-8(15-5-7)20-10(3-4-10)9-18-16-6-17-19-9/h1-2,5-6H,3-4H2. The van der Waals surface area contributed by atoms with E-state index in [2.05, 4.69) is 25.4 Å². The number of alkyl halides is 3. The molecule has 2 aromatic rings. The van der Waals surface area contributed by atoms with E-state index >= 15 is 0 Å². The van der Waals surface area contributed by atoms with E-state index < -0.39 is 17.3 Å². The molecule has 2 heterocycles. The fourth-order valence-corrected chi connectivity index (χ4v) is 1.68. The van der Waals surface area contributed by atoms with Gasteiger partial charge in [-0.25, -0.2) is 4.98 Å². The molecule has 6 nitrogen and oxygen atoms in total. The molecule has 2 aromatic heterocycles. The van der Waals surface area contributed by atoms with Crippen LogP contribution in [0.2, 0.25) is 0 Å². The maximum Gasteiger partial charge on any atom is 0.417 e. The van der Waals surface area contributed by atoms with Crippen LogP contribution in [-0.2, 0) is 11.8 Å². The molecule has 20 heavy (non-hydrogen) atoms. The average Bonchev–Trinajstić information content (AvgIpc) is 3.20. The molecule has 0 N–H and O–H groups in total. The molecule has 0 spiro atoms. The highest BCUT2D eigenvalue weighted by Crippen LogP contribution is 2.47. The summed E-state index contributed by atoms with van der Waals surface area (Å²) in [5.41, 5.74) is -1.59. The van der Waals surface area contributed by atoms with Crippen LogP contribution in [0, 0.1) is 0 Å². The third-order valence-corrected chi connectivity index (χ3v) is 2.88. The van der Waals surface area contributed by atoms with Crippen molar-refractivity contribution in [3.05, 3.63) is 36.0 Å². The Morgan fingerprint density at radius 1 is 1.10 bits per heavy atom. The Hall–Kier alpha value is -2.32. The topological polar surface area (TPSA) is 73.7 Å². The monoisotopic (exact) mass is 283 g/mol. The first-order valence-electron chi connectivity index (χ1n) is 5.73. The summed E-state index contributed by atoms with van der Waals surface area (Å²) in [6, 6.07) is 2.09. The van der Waals surface area contributed by atoms with E-state index in [1.54, 1.807) is 0 Å². The summed E-state index contributed by atoms with van der Waals surface area (Å²) in [4.78, 5) is 3.66. The minimum Gasteiger partial charge on any atom is -0.463 e. The Morgan fingerprint density at radius 3 is 2.30 bits per heavy atom. The van der Waals surface area contributed by atoms with Gasteiger partial charge in [-0.2, -0.15) is 13.2 Å². The van der Waals surface area contributed by atoms with E-state index in [0.29, 0.717) is 18.7 Å². The Kier molecular flexibility index (Phi) is 2.77. The molecule has 0 aromatic carbocycles. The second kappa shape index (κ2) is 4.36. The number of aromatic nitrogens is 5. The van der Waals surface area contributed by atoms with Gasteiger partial charge in [0.15, 0.2) is 11.9 Å². The lowest BCUT2D eigenvalue weighted by Gasteiger charge is -2.14. The van der Waals surface area contributed by atoms with Crippen LogP contribution in [0.5, 0.6) is 5.88 Å². The number of nitrogens with zero attached hydrogens (tertiary/aromatic N) is 5. The van der Waals surface area contributed by atoms with Gasteiger partial charge in [-0.15, -0.1) is 20.4 Å². The van der Waals surface area contributed by atoms with Gasteiger partial charge in [-0.3, -0.25) is 0 Å². The first kappa shape index (κ1) is 12.7. The lowest BCUT2D eigenvalue weighted by atomic mass is 10.3. The van der Waals surface area contributed by atoms with Crippen molar-refractivity contribution in [2.75, 3.05) is 0 Å². The number of ether oxygens (including phenoxy) is 1. The maximum atomic E-state index is 12.4. The van der Waals surface area contributed by atoms with Crippen molar-refractivity contribution in [1.29, 1.82) is 0 Å². The van der Waals surface area contributed by atoms with E-state index in [1.165, 1.54) is 12.4 Å². The van der Waals surface area contributed by atoms with Crippen molar-refractivity contribution in [3.63, 3.8) is 0 Å². The zero-order chi connectivity index (χ0) is 14.2. The molecule has 104 valence electrons. The molecular formula is C11H8F3N5O. The van der Waals surface area contributed by atoms with Crippen molar-refractivity contribution in [3.8, 4) is 5.88 Å². The van der Waals surface area contributed by atoms with Gasteiger partial charge in [0.2, 0.25) is 11.7 Å². The minimum absolute atomic E-state index is 0.0861. The molecule has 0 atom stereocenters. The molecule has 0 aliphatic heterocycles. The average molecular weight is 283 g/mol. The Balaban J connectivity index is 1.79. The predicted molar refractivity (Wildman–Crippen MR) is 58.4 cm³/mol. The minimum atomic E-state index is -4.42. The molecule has 0 unspecified atom stereocenters. The molecule has 3 rings (SSSR count). The van der Waals surface area contributed by atoms with E-state index in [4.69, 9.17) is 4.74 Å². The van der Waals surface area contributed by atoms with Gasteiger partial charge in [-0.1, -0.05) is 0 Å². The smallest absolute Gasteiger partial charge is 0.417 e. The van der Waals surface area contributed by atoms with Crippen LogP contribution in [0.25, 0.3) is 0 Å². The van der Waals surface area contributed by atoms with Crippen LogP contribution in [0.4, 0.5) is 13.2 Å². The summed E-state index contributed by atoms with van der Waals surface area (Å²) in [6.07, 6.45) is -1.21. The van der Waals surface area contributed by atoms with E-state index in [-0.39, 0.29) is 5.88 Å². The molecule has 0 amide bonds. The van der Waals surface area contributed by atoms with Crippen molar-refractivity contribution < 1.29 is 17.9 Å². The molecule has 9 heteroatoms. The van der Waals surface area contributed by atoms with Gasteiger partial charge in [0.25, 0.3) is 0 Å². The van der Waals surface area contributed by atoms with Crippen molar-refractivity contribution in [2.24, 2.45) is 0 Å². The molecule has 0 saturated heterocycles. The lowest BCUT2D eigenvalue weighted by molar-refractivity contribution is -0.137. The zero-order valence-electron chi connectivity index (χ0n) is 10.0. The highest BCUT2D eigenvalue weighted by atomic mass is 19.4. The Labute approximate surface area is 111 Å². The molecule has 1 aliphatic rings. The first-order valence-corrected chi connectivity index (χ1v) is 5.73. The number of halogens is 3. The highest BCUT2D eigenvalue weighted by molar-refractivity contribution is 5.23. The second-order valence-electron chi connectivity index (χ2n) is 4.35. The van der Waals surface area contributed by atoms with Crippen LogP contribution in [0.3, 0.4) is 0 Å². The first-order chi connectivity index (χ1) is 9.50. The molecule has 0 bridgehead atoms. The van der Waals surface area contributed by atoms with Crippen molar-refractivity contribution in [1.82, 2.24) is 25.4 Å². The van der Waals surface area contributed by atoms with Crippen LogP contribution in [-0.4, -0.2) is 25.4 Å². The molecule has 1 aliphatic carbocycles. The molecule has 1 saturated carbocycles. The van der Waals surface area contributed by atoms with Crippen molar-refractivity contribution >= 4 is 0 Å². The summed E-state index contributed by atoms with van der Waals surface area (Å²) in [5.74, 6) is 0.393. The van der Waals surface area contributed by atoms with Gasteiger partial charge in [0, 0.05) is 12.3 Å². The highest BCUT2D eigenvalue weighted by Gasteiger charge is 2.51. The summed E-state index contributed by atoms with van der Waals surface area (Å²) < 4.78 is 42.8. The van der Waals surface area contributed by atoms with E-state index in [9.17, 15) is 13.2 Å². The SMILES string of the molecule is FC(F)(F)c1ccc(OC2(c3nncnn3)CC2)nc1. The van der Waals surface area contributed by atoms with E-state index in [0.717, 1.165) is 12.3 Å². The number of hydrogen-bond acceptors (Lipinski definition) is 6. The number of rotatable bonds is 3. The van der Waals surface area contributed by atoms with Crippen LogP contribution in [0.15, 0.2) is 24.7 Å². The van der Waals surface area contributed by atoms with Gasteiger partial charge in [-0.05, 0) is 18.9 Å². The molecule has 1 fully saturated rings. The van der Waals surface area contributed by atoms with Crippen LogP contribution >= 0.6 is 0 Å². The van der Waals surface area contributed by atoms with E-state index in [1.807, 2.05) is 0 Å². The van der Waals surface area contributed by atoms with Gasteiger partial charge < -0.3 is 4.74 Å². The second-order valence-corrected chi connectivity index (χ2v) is 4.35. The zero-order valence-corrected chi connectivity index (χ0v) is 10.0. The normalized spacial score (nSPS) is 16.8. The number of hydrogen-bond donors (Lipinski definition) is 0. The van der Waals surface area contributed by atoms with Gasteiger partial charge in [0.05, 0.1) is 5.56 Å². The Bertz CT molecular complexity index is 598. The quantitative estimate of drug-likeness (QED) is 0.854. The van der Waals surface area contributed by atoms with Crippen LogP contribution < -0.4 is 4.74 Å². The fourth-order valence-electron chi connectivity index (χ4n) is 1.68.